The minimum Gasteiger partial charge on any atom is -0.373 e. The van der Waals surface area contributed by atoms with E-state index in [1.54, 1.807) is 10.8 Å². The third-order valence-electron chi connectivity index (χ3n) is 6.83. The van der Waals surface area contributed by atoms with Gasteiger partial charge < -0.3 is 5.32 Å². The zero-order valence-corrected chi connectivity index (χ0v) is 23.0. The van der Waals surface area contributed by atoms with Crippen LogP contribution >= 0.6 is 11.8 Å². The van der Waals surface area contributed by atoms with Gasteiger partial charge in [0.1, 0.15) is 10.5 Å². The zero-order chi connectivity index (χ0) is 26.9. The van der Waals surface area contributed by atoms with E-state index in [0.29, 0.717) is 30.2 Å². The highest BCUT2D eigenvalue weighted by Crippen LogP contribution is 2.30. The molecule has 0 saturated carbocycles. The summed E-state index contributed by atoms with van der Waals surface area (Å²) >= 11 is 1.26. The molecule has 0 bridgehead atoms. The maximum Gasteiger partial charge on any atom is 0.330 e. The van der Waals surface area contributed by atoms with E-state index < -0.39 is 4.92 Å². The SMILES string of the molecule is CS/C(=C\[N+](=O)[O-])NCCn1c(=Nc2c(C)cc(C)cc2C)cc2n(c1=O)CCc1cc(C)c(C)cc1-2. The first kappa shape index (κ1) is 26.5. The van der Waals surface area contributed by atoms with Crippen molar-refractivity contribution in [3.05, 3.63) is 101 Å². The Balaban J connectivity index is 1.89. The lowest BCUT2D eigenvalue weighted by atomic mass is 9.93. The van der Waals surface area contributed by atoms with E-state index in [0.717, 1.165) is 40.7 Å². The van der Waals surface area contributed by atoms with Gasteiger partial charge in [-0.1, -0.05) is 23.8 Å². The number of fused-ring (bicyclic) bond motifs is 3. The summed E-state index contributed by atoms with van der Waals surface area (Å²) in [5.41, 5.74) is 10.2. The molecule has 1 aliphatic heterocycles. The van der Waals surface area contributed by atoms with Gasteiger partial charge in [-0.3, -0.25) is 19.2 Å². The first-order valence-corrected chi connectivity index (χ1v) is 13.5. The Morgan fingerprint density at radius 3 is 2.41 bits per heavy atom. The predicted octanol–water partition coefficient (Wildman–Crippen LogP) is 4.68. The van der Waals surface area contributed by atoms with Gasteiger partial charge in [0.05, 0.1) is 16.3 Å². The second-order valence-corrected chi connectivity index (χ2v) is 10.4. The van der Waals surface area contributed by atoms with E-state index in [1.165, 1.54) is 34.0 Å². The average molecular weight is 520 g/mol. The fourth-order valence-corrected chi connectivity index (χ4v) is 5.38. The van der Waals surface area contributed by atoms with Crippen molar-refractivity contribution >= 4 is 17.4 Å². The third kappa shape index (κ3) is 5.56. The monoisotopic (exact) mass is 519 g/mol. The molecule has 2 aromatic carbocycles. The number of benzene rings is 2. The third-order valence-corrected chi connectivity index (χ3v) is 7.52. The first-order valence-electron chi connectivity index (χ1n) is 12.3. The molecular weight excluding hydrogens is 486 g/mol. The largest absolute Gasteiger partial charge is 0.373 e. The minimum atomic E-state index is -0.482. The van der Waals surface area contributed by atoms with E-state index in [2.05, 4.69) is 50.4 Å². The van der Waals surface area contributed by atoms with Gasteiger partial charge in [0.2, 0.25) is 0 Å². The quantitative estimate of drug-likeness (QED) is 0.361. The van der Waals surface area contributed by atoms with E-state index >= 15 is 0 Å². The molecule has 9 heteroatoms. The molecule has 1 aromatic heterocycles. The van der Waals surface area contributed by atoms with Crippen LogP contribution in [0.5, 0.6) is 0 Å². The van der Waals surface area contributed by atoms with Crippen LogP contribution in [0.25, 0.3) is 11.3 Å². The Morgan fingerprint density at radius 1 is 1.08 bits per heavy atom. The summed E-state index contributed by atoms with van der Waals surface area (Å²) in [6.07, 6.45) is 3.51. The molecule has 3 aromatic rings. The van der Waals surface area contributed by atoms with Crippen LogP contribution in [0.1, 0.15) is 33.4 Å². The summed E-state index contributed by atoms with van der Waals surface area (Å²) in [5, 5.41) is 14.4. The Labute approximate surface area is 220 Å². The Morgan fingerprint density at radius 2 is 1.76 bits per heavy atom. The number of nitrogens with zero attached hydrogens (tertiary/aromatic N) is 4. The molecule has 0 atom stereocenters. The number of aromatic nitrogens is 2. The smallest absolute Gasteiger partial charge is 0.330 e. The topological polar surface area (TPSA) is 94.5 Å². The van der Waals surface area contributed by atoms with Crippen molar-refractivity contribution in [3.8, 4) is 11.3 Å². The van der Waals surface area contributed by atoms with E-state index in [-0.39, 0.29) is 5.69 Å². The fourth-order valence-electron chi connectivity index (χ4n) is 4.94. The summed E-state index contributed by atoms with van der Waals surface area (Å²) in [5.74, 6) is 0. The van der Waals surface area contributed by atoms with Gasteiger partial charge >= 0.3 is 5.69 Å². The average Bonchev–Trinajstić information content (AvgIpc) is 2.82. The molecule has 0 saturated heterocycles. The maximum absolute atomic E-state index is 13.8. The van der Waals surface area contributed by atoms with Crippen molar-refractivity contribution in [2.45, 2.75) is 54.1 Å². The molecule has 37 heavy (non-hydrogen) atoms. The maximum atomic E-state index is 13.8. The summed E-state index contributed by atoms with van der Waals surface area (Å²) in [6, 6.07) is 10.6. The number of rotatable bonds is 7. The molecule has 0 fully saturated rings. The number of aryl methyl sites for hydroxylation is 6. The second-order valence-electron chi connectivity index (χ2n) is 9.59. The Hall–Kier alpha value is -3.59. The highest BCUT2D eigenvalue weighted by Gasteiger charge is 2.20. The van der Waals surface area contributed by atoms with Gasteiger partial charge in [-0.15, -0.1) is 11.8 Å². The van der Waals surface area contributed by atoms with Gasteiger partial charge in [-0.05, 0) is 81.2 Å². The van der Waals surface area contributed by atoms with Crippen molar-refractivity contribution in [1.82, 2.24) is 14.5 Å². The molecule has 4 rings (SSSR count). The summed E-state index contributed by atoms with van der Waals surface area (Å²) in [7, 11) is 0. The van der Waals surface area contributed by atoms with E-state index in [1.807, 2.05) is 24.5 Å². The van der Waals surface area contributed by atoms with Crippen LogP contribution in [0.3, 0.4) is 0 Å². The van der Waals surface area contributed by atoms with Crippen molar-refractivity contribution < 1.29 is 4.92 Å². The van der Waals surface area contributed by atoms with Crippen LogP contribution in [0.2, 0.25) is 0 Å². The summed E-state index contributed by atoms with van der Waals surface area (Å²) in [6.45, 7) is 11.6. The molecule has 0 aliphatic carbocycles. The molecule has 194 valence electrons. The Kier molecular flexibility index (Phi) is 7.73. The van der Waals surface area contributed by atoms with Crippen molar-refractivity contribution in [3.63, 3.8) is 0 Å². The Bertz CT molecular complexity index is 1530. The van der Waals surface area contributed by atoms with Crippen molar-refractivity contribution in [2.75, 3.05) is 12.8 Å². The van der Waals surface area contributed by atoms with Crippen molar-refractivity contribution in [1.29, 1.82) is 0 Å². The van der Waals surface area contributed by atoms with Crippen LogP contribution in [0.4, 0.5) is 5.69 Å². The second kappa shape index (κ2) is 10.8. The number of nitro groups is 1. The minimum absolute atomic E-state index is 0.131. The molecular formula is C28H33N5O3S. The zero-order valence-electron chi connectivity index (χ0n) is 22.2. The molecule has 0 amide bonds. The van der Waals surface area contributed by atoms with Gasteiger partial charge in [0.25, 0.3) is 6.20 Å². The molecule has 1 aliphatic rings. The van der Waals surface area contributed by atoms with Gasteiger partial charge in [0, 0.05) is 31.3 Å². The summed E-state index contributed by atoms with van der Waals surface area (Å²) in [4.78, 5) is 29.3. The number of nitrogens with one attached hydrogen (secondary N) is 1. The number of thioether (sulfide) groups is 1. The molecule has 0 radical (unpaired) electrons. The highest BCUT2D eigenvalue weighted by molar-refractivity contribution is 8.02. The van der Waals surface area contributed by atoms with Gasteiger partial charge in [-0.2, -0.15) is 0 Å². The highest BCUT2D eigenvalue weighted by atomic mass is 32.2. The predicted molar refractivity (Wildman–Crippen MR) is 150 cm³/mol. The first-order chi connectivity index (χ1) is 17.6. The lowest BCUT2D eigenvalue weighted by molar-refractivity contribution is -0.403. The van der Waals surface area contributed by atoms with Crippen LogP contribution in [-0.4, -0.2) is 26.9 Å². The van der Waals surface area contributed by atoms with Gasteiger partial charge in [0.15, 0.2) is 0 Å². The van der Waals surface area contributed by atoms with Crippen LogP contribution in [-0.2, 0) is 19.5 Å². The normalized spacial score (nSPS) is 13.4. The fraction of sp³-hybridized carbons (Fsp3) is 0.357. The van der Waals surface area contributed by atoms with E-state index in [4.69, 9.17) is 4.99 Å². The standard InChI is InChI=1S/C28H33N5O3S/c1-17-11-20(4)27(21(5)12-17)30-25-15-24-23-14-19(3)18(2)13-22(23)7-9-31(24)28(34)32(25)10-8-29-26(37-6)16-33(35)36/h11-16,29H,7-10H2,1-6H3/b26-16-,30-25?. The number of hydrogen-bond acceptors (Lipinski definition) is 6. The van der Waals surface area contributed by atoms with Crippen LogP contribution in [0.15, 0.2) is 51.3 Å². The van der Waals surface area contributed by atoms with Crippen molar-refractivity contribution in [2.24, 2.45) is 4.99 Å². The molecule has 0 unspecified atom stereocenters. The van der Waals surface area contributed by atoms with E-state index in [9.17, 15) is 14.9 Å². The van der Waals surface area contributed by atoms with Crippen LogP contribution < -0.4 is 16.5 Å². The summed E-state index contributed by atoms with van der Waals surface area (Å²) < 4.78 is 3.50. The molecule has 2 heterocycles. The van der Waals surface area contributed by atoms with Gasteiger partial charge in [-0.25, -0.2) is 9.79 Å². The lowest BCUT2D eigenvalue weighted by Gasteiger charge is -2.24. The molecule has 1 N–H and O–H groups in total. The lowest BCUT2D eigenvalue weighted by Crippen LogP contribution is -2.43. The van der Waals surface area contributed by atoms with Crippen LogP contribution in [0, 0.1) is 44.7 Å². The molecule has 0 spiro atoms. The number of hydrogen-bond donors (Lipinski definition) is 1. The molecule has 8 nitrogen and oxygen atoms in total.